The van der Waals surface area contributed by atoms with Gasteiger partial charge in [0.25, 0.3) is 18.8 Å². The Kier molecular flexibility index (Phi) is 12.0. The number of anilines is 1. The number of benzene rings is 2. The number of hydrogen-bond donors (Lipinski definition) is 2. The van der Waals surface area contributed by atoms with Gasteiger partial charge in [-0.15, -0.1) is 5.92 Å². The van der Waals surface area contributed by atoms with Gasteiger partial charge in [-0.3, -0.25) is 18.9 Å². The summed E-state index contributed by atoms with van der Waals surface area (Å²) in [5.74, 6) is 0.285. The second kappa shape index (κ2) is 17.0. The van der Waals surface area contributed by atoms with E-state index in [9.17, 15) is 48.0 Å². The van der Waals surface area contributed by atoms with E-state index in [1.807, 2.05) is 0 Å². The zero-order valence-corrected chi connectivity index (χ0v) is 36.8. The molecular weight excluding hydrogens is 923 g/mol. The Bertz CT molecular complexity index is 3130. The van der Waals surface area contributed by atoms with Gasteiger partial charge in [0.2, 0.25) is 15.9 Å². The Balaban J connectivity index is 1.31. The van der Waals surface area contributed by atoms with E-state index in [0.29, 0.717) is 23.6 Å². The lowest BCUT2D eigenvalue weighted by Crippen LogP contribution is -2.35. The number of nitrogens with one attached hydrogen (secondary N) is 2. The molecule has 3 aliphatic rings. The molecule has 348 valence electrons. The minimum absolute atomic E-state index is 0.0383. The number of halogens is 8. The number of pyridine rings is 1. The van der Waals surface area contributed by atoms with Crippen molar-refractivity contribution in [3.63, 3.8) is 0 Å². The van der Waals surface area contributed by atoms with E-state index in [1.165, 1.54) is 51.1 Å². The quantitative estimate of drug-likeness (QED) is 0.0805. The van der Waals surface area contributed by atoms with Gasteiger partial charge >= 0.3 is 0 Å². The summed E-state index contributed by atoms with van der Waals surface area (Å²) >= 11 is 0. The molecule has 2 aromatic carbocycles. The molecule has 0 saturated heterocycles. The van der Waals surface area contributed by atoms with E-state index in [2.05, 4.69) is 43.9 Å². The van der Waals surface area contributed by atoms with Gasteiger partial charge in [-0.2, -0.15) is 19.0 Å². The molecule has 3 aliphatic carbocycles. The number of carbonyl (C=O) groups excluding carboxylic acids is 1. The molecule has 3 heterocycles. The van der Waals surface area contributed by atoms with Gasteiger partial charge in [-0.05, 0) is 81.8 Å². The van der Waals surface area contributed by atoms with Crippen LogP contribution in [0.15, 0.2) is 48.5 Å². The SMILES string of the molecule is CCS(=O)(=O)Nc1nn(CC(F)F)c2c(-c3ccc(C#CC(C)(C)S(=O)(=O)C4CC4)nc3[C@H](Cc3cc(F)cc(F)c3)NC(=O)Cn3nc(C(F)F)c4c3C(F)(F)[C@@H]3CC#C[C@H]43)cccc12. The smallest absolute Gasteiger partial charge is 0.294 e. The summed E-state index contributed by atoms with van der Waals surface area (Å²) in [4.78, 5) is 18.9. The number of carbonyl (C=O) groups is 1. The highest BCUT2D eigenvalue weighted by atomic mass is 32.2. The maximum absolute atomic E-state index is 15.9. The fourth-order valence-electron chi connectivity index (χ4n) is 8.40. The number of aromatic nitrogens is 5. The average molecular weight is 962 g/mol. The van der Waals surface area contributed by atoms with Gasteiger partial charge in [-0.1, -0.05) is 24.0 Å². The van der Waals surface area contributed by atoms with Crippen molar-refractivity contribution in [2.75, 3.05) is 10.5 Å². The normalized spacial score (nSPS) is 18.1. The number of nitrogens with zero attached hydrogens (tertiary/aromatic N) is 5. The first-order valence-corrected chi connectivity index (χ1v) is 23.8. The number of hydrogen-bond acceptors (Lipinski definition) is 8. The predicted molar refractivity (Wildman–Crippen MR) is 226 cm³/mol. The molecule has 66 heavy (non-hydrogen) atoms. The highest BCUT2D eigenvalue weighted by molar-refractivity contribution is 7.94. The summed E-state index contributed by atoms with van der Waals surface area (Å²) in [5, 5.41) is 9.98. The molecule has 0 bridgehead atoms. The van der Waals surface area contributed by atoms with Crippen molar-refractivity contribution in [1.82, 2.24) is 29.9 Å². The van der Waals surface area contributed by atoms with Crippen molar-refractivity contribution < 1.29 is 56.8 Å². The van der Waals surface area contributed by atoms with E-state index >= 15 is 8.78 Å². The summed E-state index contributed by atoms with van der Waals surface area (Å²) in [6, 6.07) is 8.02. The molecule has 12 nitrogen and oxygen atoms in total. The van der Waals surface area contributed by atoms with Crippen LogP contribution in [0.4, 0.5) is 40.9 Å². The number of alkyl halides is 6. The second-order valence-corrected chi connectivity index (χ2v) is 21.5. The lowest BCUT2D eigenvalue weighted by Gasteiger charge is -2.23. The Labute approximate surface area is 373 Å². The van der Waals surface area contributed by atoms with Crippen molar-refractivity contribution in [3.8, 4) is 34.8 Å². The molecule has 22 heteroatoms. The highest BCUT2D eigenvalue weighted by Crippen LogP contribution is 2.57. The largest absolute Gasteiger partial charge is 0.346 e. The van der Waals surface area contributed by atoms with Crippen LogP contribution in [-0.2, 0) is 50.1 Å². The van der Waals surface area contributed by atoms with Gasteiger partial charge in [0.05, 0.1) is 40.1 Å². The topological polar surface area (TPSA) is 158 Å². The average Bonchev–Trinajstić information content (AvgIpc) is 3.62. The van der Waals surface area contributed by atoms with Crippen molar-refractivity contribution >= 4 is 42.5 Å². The van der Waals surface area contributed by atoms with Crippen molar-refractivity contribution in [1.29, 1.82) is 0 Å². The molecule has 8 rings (SSSR count). The van der Waals surface area contributed by atoms with Crippen LogP contribution in [0.1, 0.15) is 92.3 Å². The van der Waals surface area contributed by atoms with Crippen molar-refractivity contribution in [2.45, 2.75) is 100 Å². The first kappa shape index (κ1) is 46.5. The Hall–Kier alpha value is -6.00. The fraction of sp³-hybridized carbons (Fsp3) is 0.409. The third kappa shape index (κ3) is 8.72. The van der Waals surface area contributed by atoms with Gasteiger partial charge in [0, 0.05) is 34.6 Å². The maximum atomic E-state index is 15.9. The molecule has 5 aromatic rings. The molecule has 3 aromatic heterocycles. The molecular formula is C44H39F8N7O5S2. The third-order valence-corrected chi connectivity index (χ3v) is 15.9. The summed E-state index contributed by atoms with van der Waals surface area (Å²) in [6.45, 7) is 2.07. The maximum Gasteiger partial charge on any atom is 0.294 e. The van der Waals surface area contributed by atoms with Crippen LogP contribution in [-0.4, -0.2) is 69.5 Å². The summed E-state index contributed by atoms with van der Waals surface area (Å²) < 4.78 is 172. The second-order valence-electron chi connectivity index (χ2n) is 16.7. The molecule has 0 unspecified atom stereocenters. The van der Waals surface area contributed by atoms with Crippen LogP contribution in [0.25, 0.3) is 22.0 Å². The van der Waals surface area contributed by atoms with Crippen molar-refractivity contribution in [3.05, 3.63) is 94.1 Å². The number of sulfonamides is 1. The minimum atomic E-state index is -4.01. The standard InChI is InChI=1S/C44H39F8N7O5S2/c1-4-65(61,62)57-42-31-9-5-7-29(39(31)58(56-42)21-34(47)48)28-14-11-26(15-16-43(2,3)66(63,64)27-12-13-27)53-37(28)33(19-23-17-24(45)20-25(46)18-23)54-35(60)22-59-40-36(38(55-59)41(49)50)30-8-6-10-32(30)44(40,51)52/h5,7,9,11,14,17-18,20,27,30,32-34,41H,4,10,12-13,19,21-22H2,1-3H3,(H,54,60)(H,56,57)/t30-,32+,33-/m0/s1. The van der Waals surface area contributed by atoms with E-state index in [1.54, 1.807) is 0 Å². The highest BCUT2D eigenvalue weighted by Gasteiger charge is 2.59. The van der Waals surface area contributed by atoms with Gasteiger partial charge in [0.1, 0.15) is 46.6 Å². The molecule has 0 radical (unpaired) electrons. The molecule has 0 spiro atoms. The Morgan fingerprint density at radius 1 is 0.970 bits per heavy atom. The third-order valence-electron chi connectivity index (χ3n) is 11.7. The van der Waals surface area contributed by atoms with E-state index in [0.717, 1.165) is 16.8 Å². The molecule has 1 saturated carbocycles. The monoisotopic (exact) mass is 961 g/mol. The molecule has 0 aliphatic heterocycles. The summed E-state index contributed by atoms with van der Waals surface area (Å²) in [6.07, 6.45) is -6.19. The number of rotatable bonds is 15. The molecule has 1 amide bonds. The van der Waals surface area contributed by atoms with Crippen LogP contribution in [0.2, 0.25) is 0 Å². The molecule has 2 N–H and O–H groups in total. The summed E-state index contributed by atoms with van der Waals surface area (Å²) in [7, 11) is -7.76. The van der Waals surface area contributed by atoms with Crippen LogP contribution in [0.3, 0.4) is 0 Å². The summed E-state index contributed by atoms with van der Waals surface area (Å²) in [5.41, 5.74) is -2.63. The number of sulfone groups is 1. The van der Waals surface area contributed by atoms with Gasteiger partial charge in [0.15, 0.2) is 15.7 Å². The van der Waals surface area contributed by atoms with Gasteiger partial charge < -0.3 is 5.32 Å². The van der Waals surface area contributed by atoms with Crippen LogP contribution in [0.5, 0.6) is 0 Å². The van der Waals surface area contributed by atoms with E-state index < -0.39 is 126 Å². The first-order chi connectivity index (χ1) is 31.0. The fourth-order valence-corrected chi connectivity index (χ4v) is 10.8. The predicted octanol–water partition coefficient (Wildman–Crippen LogP) is 7.56. The Morgan fingerprint density at radius 2 is 1.68 bits per heavy atom. The minimum Gasteiger partial charge on any atom is -0.346 e. The lowest BCUT2D eigenvalue weighted by atomic mass is 9.93. The lowest BCUT2D eigenvalue weighted by molar-refractivity contribution is -0.123. The van der Waals surface area contributed by atoms with Crippen LogP contribution in [0, 0.1) is 41.2 Å². The van der Waals surface area contributed by atoms with Crippen LogP contribution < -0.4 is 10.0 Å². The van der Waals surface area contributed by atoms with Crippen molar-refractivity contribution in [2.24, 2.45) is 5.92 Å². The Morgan fingerprint density at radius 3 is 2.33 bits per heavy atom. The zero-order chi connectivity index (χ0) is 47.7. The van der Waals surface area contributed by atoms with Gasteiger partial charge in [-0.25, -0.2) is 48.2 Å². The van der Waals surface area contributed by atoms with E-state index in [4.69, 9.17) is 4.98 Å². The number of para-hydroxylation sites is 1. The number of fused-ring (bicyclic) bond motifs is 4. The zero-order valence-electron chi connectivity index (χ0n) is 35.2. The molecule has 1 fully saturated rings. The molecule has 3 atom stereocenters. The van der Waals surface area contributed by atoms with E-state index in [-0.39, 0.29) is 51.2 Å². The number of amides is 1. The van der Waals surface area contributed by atoms with Crippen LogP contribution >= 0.6 is 0 Å². The first-order valence-electron chi connectivity index (χ1n) is 20.6.